The third kappa shape index (κ3) is 5.23. The Morgan fingerprint density at radius 1 is 1.23 bits per heavy atom. The van der Waals surface area contributed by atoms with Gasteiger partial charge in [0.15, 0.2) is 0 Å². The number of rotatable bonds is 8. The van der Waals surface area contributed by atoms with Crippen molar-refractivity contribution >= 4 is 17.7 Å². The van der Waals surface area contributed by atoms with Crippen LogP contribution in [0, 0.1) is 11.6 Å². The van der Waals surface area contributed by atoms with Gasteiger partial charge in [0, 0.05) is 18.4 Å². The highest BCUT2D eigenvalue weighted by atomic mass is 19.1. The lowest BCUT2D eigenvalue weighted by Gasteiger charge is -2.14. The van der Waals surface area contributed by atoms with Crippen LogP contribution in [0.4, 0.5) is 8.78 Å². The van der Waals surface area contributed by atoms with Crippen molar-refractivity contribution in [1.29, 1.82) is 0 Å². The summed E-state index contributed by atoms with van der Waals surface area (Å²) in [6, 6.07) is 1.93. The highest BCUT2D eigenvalue weighted by molar-refractivity contribution is 5.85. The SMILES string of the molecule is CCC(=O)CC[C@H](NC(=O)Cc1c(F)cccc1F)C(=O)O. The monoisotopic (exact) mass is 313 g/mol. The van der Waals surface area contributed by atoms with Crippen LogP contribution >= 0.6 is 0 Å². The molecule has 0 spiro atoms. The Kier molecular flexibility index (Phi) is 6.62. The summed E-state index contributed by atoms with van der Waals surface area (Å²) in [4.78, 5) is 34.0. The molecule has 2 N–H and O–H groups in total. The van der Waals surface area contributed by atoms with Crippen molar-refractivity contribution < 1.29 is 28.3 Å². The van der Waals surface area contributed by atoms with Crippen molar-refractivity contribution in [2.75, 3.05) is 0 Å². The Morgan fingerprint density at radius 3 is 2.32 bits per heavy atom. The average Bonchev–Trinajstić information content (AvgIpc) is 2.46. The van der Waals surface area contributed by atoms with Gasteiger partial charge < -0.3 is 10.4 Å². The molecule has 22 heavy (non-hydrogen) atoms. The Hall–Kier alpha value is -2.31. The zero-order chi connectivity index (χ0) is 16.7. The van der Waals surface area contributed by atoms with Crippen molar-refractivity contribution in [3.63, 3.8) is 0 Å². The zero-order valence-corrected chi connectivity index (χ0v) is 12.1. The fourth-order valence-corrected chi connectivity index (χ4v) is 1.85. The first-order valence-corrected chi connectivity index (χ1v) is 6.81. The number of nitrogens with one attached hydrogen (secondary N) is 1. The van der Waals surface area contributed by atoms with Gasteiger partial charge in [-0.05, 0) is 18.6 Å². The predicted molar refractivity (Wildman–Crippen MR) is 74.2 cm³/mol. The Balaban J connectivity index is 2.68. The van der Waals surface area contributed by atoms with E-state index in [4.69, 9.17) is 5.11 Å². The van der Waals surface area contributed by atoms with Crippen LogP contribution in [0.25, 0.3) is 0 Å². The summed E-state index contributed by atoms with van der Waals surface area (Å²) >= 11 is 0. The lowest BCUT2D eigenvalue weighted by atomic mass is 10.1. The topological polar surface area (TPSA) is 83.5 Å². The molecule has 1 aromatic rings. The van der Waals surface area contributed by atoms with E-state index >= 15 is 0 Å². The first-order valence-electron chi connectivity index (χ1n) is 6.81. The van der Waals surface area contributed by atoms with E-state index in [0.717, 1.165) is 12.1 Å². The number of halogens is 2. The van der Waals surface area contributed by atoms with Crippen molar-refractivity contribution in [1.82, 2.24) is 5.32 Å². The normalized spacial score (nSPS) is 11.8. The molecule has 0 saturated carbocycles. The predicted octanol–water partition coefficient (Wildman–Crippen LogP) is 1.84. The van der Waals surface area contributed by atoms with E-state index in [1.165, 1.54) is 6.07 Å². The Morgan fingerprint density at radius 2 is 1.82 bits per heavy atom. The number of carbonyl (C=O) groups excluding carboxylic acids is 2. The van der Waals surface area contributed by atoms with Crippen LogP contribution in [0.15, 0.2) is 18.2 Å². The minimum absolute atomic E-state index is 0.0157. The van der Waals surface area contributed by atoms with Gasteiger partial charge in [0.05, 0.1) is 6.42 Å². The van der Waals surface area contributed by atoms with Crippen LogP contribution in [0.5, 0.6) is 0 Å². The maximum Gasteiger partial charge on any atom is 0.326 e. The Bertz CT molecular complexity index is 554. The number of ketones is 1. The van der Waals surface area contributed by atoms with E-state index in [-0.39, 0.29) is 25.0 Å². The van der Waals surface area contributed by atoms with Crippen LogP contribution in [0.3, 0.4) is 0 Å². The number of carbonyl (C=O) groups is 3. The second-order valence-corrected chi connectivity index (χ2v) is 4.77. The Labute approximate surface area is 126 Å². The first-order chi connectivity index (χ1) is 10.3. The number of carboxylic acid groups (broad SMARTS) is 1. The molecule has 0 radical (unpaired) electrons. The van der Waals surface area contributed by atoms with Gasteiger partial charge in [0.1, 0.15) is 23.5 Å². The number of aliphatic carboxylic acids is 1. The minimum Gasteiger partial charge on any atom is -0.480 e. The van der Waals surface area contributed by atoms with Gasteiger partial charge in [-0.1, -0.05) is 13.0 Å². The van der Waals surface area contributed by atoms with E-state index in [1.54, 1.807) is 6.92 Å². The van der Waals surface area contributed by atoms with Crippen LogP contribution in [-0.2, 0) is 20.8 Å². The summed E-state index contributed by atoms with van der Waals surface area (Å²) < 4.78 is 26.9. The second-order valence-electron chi connectivity index (χ2n) is 4.77. The smallest absolute Gasteiger partial charge is 0.326 e. The van der Waals surface area contributed by atoms with Gasteiger partial charge in [-0.3, -0.25) is 9.59 Å². The highest BCUT2D eigenvalue weighted by Gasteiger charge is 2.22. The average molecular weight is 313 g/mol. The summed E-state index contributed by atoms with van der Waals surface area (Å²) in [5.74, 6) is -3.99. The van der Waals surface area contributed by atoms with Gasteiger partial charge >= 0.3 is 5.97 Å². The fraction of sp³-hybridized carbons (Fsp3) is 0.400. The molecule has 0 aliphatic rings. The van der Waals surface area contributed by atoms with Crippen molar-refractivity contribution in [2.45, 2.75) is 38.6 Å². The molecule has 5 nitrogen and oxygen atoms in total. The molecule has 1 atom stereocenters. The number of amides is 1. The van der Waals surface area contributed by atoms with Gasteiger partial charge in [-0.25, -0.2) is 13.6 Å². The van der Waals surface area contributed by atoms with Crippen LogP contribution in [-0.4, -0.2) is 28.8 Å². The molecule has 120 valence electrons. The number of benzene rings is 1. The lowest BCUT2D eigenvalue weighted by molar-refractivity contribution is -0.142. The summed E-state index contributed by atoms with van der Waals surface area (Å²) in [7, 11) is 0. The highest BCUT2D eigenvalue weighted by Crippen LogP contribution is 2.13. The molecule has 7 heteroatoms. The molecule has 0 bridgehead atoms. The maximum absolute atomic E-state index is 13.4. The third-order valence-corrected chi connectivity index (χ3v) is 3.14. The number of Topliss-reactive ketones (excluding diaryl/α,β-unsaturated/α-hetero) is 1. The lowest BCUT2D eigenvalue weighted by Crippen LogP contribution is -2.42. The maximum atomic E-state index is 13.4. The number of hydrogen-bond donors (Lipinski definition) is 2. The largest absolute Gasteiger partial charge is 0.480 e. The zero-order valence-electron chi connectivity index (χ0n) is 12.1. The molecule has 0 fully saturated rings. The number of carboxylic acids is 1. The number of hydrogen-bond acceptors (Lipinski definition) is 3. The molecule has 1 rings (SSSR count). The van der Waals surface area contributed by atoms with Crippen LogP contribution in [0.1, 0.15) is 31.7 Å². The second kappa shape index (κ2) is 8.21. The molecule has 1 aromatic carbocycles. The first kappa shape index (κ1) is 17.7. The van der Waals surface area contributed by atoms with Gasteiger partial charge in [-0.15, -0.1) is 0 Å². The summed E-state index contributed by atoms with van der Waals surface area (Å²) in [6.45, 7) is 1.65. The van der Waals surface area contributed by atoms with Crippen molar-refractivity contribution in [3.8, 4) is 0 Å². The molecular weight excluding hydrogens is 296 g/mol. The van der Waals surface area contributed by atoms with E-state index in [1.807, 2.05) is 0 Å². The van der Waals surface area contributed by atoms with Crippen LogP contribution in [0.2, 0.25) is 0 Å². The van der Waals surface area contributed by atoms with Crippen LogP contribution < -0.4 is 5.32 Å². The summed E-state index contributed by atoms with van der Waals surface area (Å²) in [6.07, 6.45) is -0.375. The van der Waals surface area contributed by atoms with E-state index in [2.05, 4.69) is 5.32 Å². The summed E-state index contributed by atoms with van der Waals surface area (Å²) in [5, 5.41) is 11.2. The standard InChI is InChI=1S/C15H17F2NO4/c1-2-9(19)6-7-13(15(21)22)18-14(20)8-10-11(16)4-3-5-12(10)17/h3-5,13H,2,6-8H2,1H3,(H,18,20)(H,21,22)/t13-/m0/s1. The molecule has 0 aromatic heterocycles. The molecule has 0 unspecified atom stereocenters. The van der Waals surface area contributed by atoms with Crippen molar-refractivity contribution in [3.05, 3.63) is 35.4 Å². The molecular formula is C15H17F2NO4. The molecule has 0 aliphatic carbocycles. The van der Waals surface area contributed by atoms with E-state index in [0.29, 0.717) is 0 Å². The molecule has 0 saturated heterocycles. The van der Waals surface area contributed by atoms with Gasteiger partial charge in [0.2, 0.25) is 5.91 Å². The summed E-state index contributed by atoms with van der Waals surface area (Å²) in [5.41, 5.74) is -0.422. The molecule has 1 amide bonds. The fourth-order valence-electron chi connectivity index (χ4n) is 1.85. The van der Waals surface area contributed by atoms with Gasteiger partial charge in [-0.2, -0.15) is 0 Å². The minimum atomic E-state index is -1.30. The van der Waals surface area contributed by atoms with Gasteiger partial charge in [0.25, 0.3) is 0 Å². The molecule has 0 heterocycles. The quantitative estimate of drug-likeness (QED) is 0.767. The van der Waals surface area contributed by atoms with E-state index < -0.39 is 41.5 Å². The molecule has 0 aliphatic heterocycles. The third-order valence-electron chi connectivity index (χ3n) is 3.14. The van der Waals surface area contributed by atoms with Crippen molar-refractivity contribution in [2.24, 2.45) is 0 Å². The van der Waals surface area contributed by atoms with E-state index in [9.17, 15) is 23.2 Å².